The molecular formula is C20H24O. The summed E-state index contributed by atoms with van der Waals surface area (Å²) in [6.07, 6.45) is 6.74. The van der Waals surface area contributed by atoms with Crippen molar-refractivity contribution in [3.63, 3.8) is 0 Å². The van der Waals surface area contributed by atoms with E-state index in [1.807, 2.05) is 36.4 Å². The molecular weight excluding hydrogens is 256 g/mol. The van der Waals surface area contributed by atoms with Crippen LogP contribution in [0.1, 0.15) is 50.2 Å². The summed E-state index contributed by atoms with van der Waals surface area (Å²) in [6.45, 7) is 2.21. The van der Waals surface area contributed by atoms with E-state index in [1.54, 1.807) is 0 Å². The molecule has 0 aliphatic heterocycles. The van der Waals surface area contributed by atoms with Crippen LogP contribution in [-0.4, -0.2) is 6.29 Å². The lowest BCUT2D eigenvalue weighted by Gasteiger charge is -2.29. The van der Waals surface area contributed by atoms with Crippen LogP contribution in [0.4, 0.5) is 0 Å². The SMILES string of the molecule is CCCCCCC(C=O)(c1ccccc1)c1ccccc1. The van der Waals surface area contributed by atoms with Crippen LogP contribution in [0.3, 0.4) is 0 Å². The average Bonchev–Trinajstić information content (AvgIpc) is 2.57. The van der Waals surface area contributed by atoms with Gasteiger partial charge in [-0.2, -0.15) is 0 Å². The molecule has 0 aliphatic carbocycles. The fourth-order valence-electron chi connectivity index (χ4n) is 2.95. The summed E-state index contributed by atoms with van der Waals surface area (Å²) in [5.74, 6) is 0. The van der Waals surface area contributed by atoms with Gasteiger partial charge >= 0.3 is 0 Å². The van der Waals surface area contributed by atoms with Gasteiger partial charge in [-0.3, -0.25) is 0 Å². The molecule has 0 fully saturated rings. The quantitative estimate of drug-likeness (QED) is 0.483. The minimum atomic E-state index is -0.504. The Bertz CT molecular complexity index is 491. The van der Waals surface area contributed by atoms with Gasteiger partial charge in [0.25, 0.3) is 0 Å². The molecule has 1 heteroatoms. The fraction of sp³-hybridized carbons (Fsp3) is 0.350. The van der Waals surface area contributed by atoms with Gasteiger partial charge in [0.2, 0.25) is 0 Å². The maximum atomic E-state index is 12.1. The smallest absolute Gasteiger partial charge is 0.134 e. The summed E-state index contributed by atoms with van der Waals surface area (Å²) in [5.41, 5.74) is 1.70. The molecule has 21 heavy (non-hydrogen) atoms. The second-order valence-electron chi connectivity index (χ2n) is 5.63. The first kappa shape index (κ1) is 15.5. The zero-order valence-corrected chi connectivity index (χ0v) is 12.8. The predicted octanol–water partition coefficient (Wildman–Crippen LogP) is 5.14. The van der Waals surface area contributed by atoms with Gasteiger partial charge in [0.15, 0.2) is 0 Å². The molecule has 0 heterocycles. The van der Waals surface area contributed by atoms with Gasteiger partial charge in [0.05, 0.1) is 5.41 Å². The Labute approximate surface area is 128 Å². The Morgan fingerprint density at radius 3 is 1.76 bits per heavy atom. The molecule has 0 saturated carbocycles. The zero-order chi connectivity index (χ0) is 15.0. The summed E-state index contributed by atoms with van der Waals surface area (Å²) < 4.78 is 0. The first-order chi connectivity index (χ1) is 10.3. The highest BCUT2D eigenvalue weighted by Crippen LogP contribution is 2.35. The van der Waals surface area contributed by atoms with E-state index >= 15 is 0 Å². The van der Waals surface area contributed by atoms with Crippen molar-refractivity contribution < 1.29 is 4.79 Å². The third-order valence-electron chi connectivity index (χ3n) is 4.20. The second kappa shape index (κ2) is 7.78. The van der Waals surface area contributed by atoms with Crippen LogP contribution in [0.5, 0.6) is 0 Å². The lowest BCUT2D eigenvalue weighted by molar-refractivity contribution is -0.111. The summed E-state index contributed by atoms with van der Waals surface area (Å²) in [4.78, 5) is 12.1. The minimum Gasteiger partial charge on any atom is -0.302 e. The molecule has 0 N–H and O–H groups in total. The molecule has 0 saturated heterocycles. The zero-order valence-electron chi connectivity index (χ0n) is 12.8. The van der Waals surface area contributed by atoms with Gasteiger partial charge in [-0.1, -0.05) is 93.3 Å². The molecule has 1 nitrogen and oxygen atoms in total. The predicted molar refractivity (Wildman–Crippen MR) is 88.5 cm³/mol. The average molecular weight is 280 g/mol. The van der Waals surface area contributed by atoms with E-state index < -0.39 is 5.41 Å². The number of carbonyl (C=O) groups is 1. The van der Waals surface area contributed by atoms with E-state index in [9.17, 15) is 4.79 Å². The summed E-state index contributed by atoms with van der Waals surface area (Å²) >= 11 is 0. The van der Waals surface area contributed by atoms with Gasteiger partial charge < -0.3 is 4.79 Å². The maximum absolute atomic E-state index is 12.1. The van der Waals surface area contributed by atoms with Crippen LogP contribution in [0.15, 0.2) is 60.7 Å². The number of benzene rings is 2. The van der Waals surface area contributed by atoms with Crippen LogP contribution < -0.4 is 0 Å². The van der Waals surface area contributed by atoms with Crippen molar-refractivity contribution in [2.75, 3.05) is 0 Å². The highest BCUT2D eigenvalue weighted by molar-refractivity contribution is 5.75. The molecule has 0 atom stereocenters. The normalized spacial score (nSPS) is 11.3. The van der Waals surface area contributed by atoms with Crippen LogP contribution in [-0.2, 0) is 10.2 Å². The third-order valence-corrected chi connectivity index (χ3v) is 4.20. The van der Waals surface area contributed by atoms with E-state index in [1.165, 1.54) is 19.3 Å². The highest BCUT2D eigenvalue weighted by Gasteiger charge is 2.33. The van der Waals surface area contributed by atoms with E-state index in [0.717, 1.165) is 30.3 Å². The minimum absolute atomic E-state index is 0.504. The van der Waals surface area contributed by atoms with Crippen molar-refractivity contribution >= 4 is 6.29 Å². The van der Waals surface area contributed by atoms with Gasteiger partial charge in [-0.05, 0) is 17.5 Å². The van der Waals surface area contributed by atoms with E-state index in [0.29, 0.717) is 0 Å². The standard InChI is InChI=1S/C20H24O/c1-2-3-4-11-16-20(17-21,18-12-7-5-8-13-18)19-14-9-6-10-15-19/h5-10,12-15,17H,2-4,11,16H2,1H3. The molecule has 0 spiro atoms. The second-order valence-corrected chi connectivity index (χ2v) is 5.63. The Morgan fingerprint density at radius 2 is 1.33 bits per heavy atom. The van der Waals surface area contributed by atoms with Crippen molar-refractivity contribution in [1.29, 1.82) is 0 Å². The van der Waals surface area contributed by atoms with E-state index in [4.69, 9.17) is 0 Å². The van der Waals surface area contributed by atoms with Crippen LogP contribution in [0, 0.1) is 0 Å². The lowest BCUT2D eigenvalue weighted by Crippen LogP contribution is -2.29. The van der Waals surface area contributed by atoms with Gasteiger partial charge in [0.1, 0.15) is 6.29 Å². The molecule has 0 bridgehead atoms. The van der Waals surface area contributed by atoms with Crippen LogP contribution in [0.25, 0.3) is 0 Å². The molecule has 2 aromatic carbocycles. The first-order valence-electron chi connectivity index (χ1n) is 7.91. The largest absolute Gasteiger partial charge is 0.302 e. The third kappa shape index (κ3) is 3.60. The number of carbonyl (C=O) groups excluding carboxylic acids is 1. The van der Waals surface area contributed by atoms with Gasteiger partial charge in [0, 0.05) is 0 Å². The number of hydrogen-bond acceptors (Lipinski definition) is 1. The molecule has 0 aromatic heterocycles. The van der Waals surface area contributed by atoms with Crippen molar-refractivity contribution in [2.24, 2.45) is 0 Å². The summed E-state index contributed by atoms with van der Waals surface area (Å²) in [5, 5.41) is 0. The van der Waals surface area contributed by atoms with Gasteiger partial charge in [-0.15, -0.1) is 0 Å². The molecule has 2 aromatic rings. The number of unbranched alkanes of at least 4 members (excludes halogenated alkanes) is 3. The number of rotatable bonds is 8. The Kier molecular flexibility index (Phi) is 5.74. The van der Waals surface area contributed by atoms with Crippen molar-refractivity contribution in [3.8, 4) is 0 Å². The van der Waals surface area contributed by atoms with Crippen LogP contribution in [0.2, 0.25) is 0 Å². The lowest BCUT2D eigenvalue weighted by atomic mass is 9.72. The van der Waals surface area contributed by atoms with Crippen molar-refractivity contribution in [3.05, 3.63) is 71.8 Å². The highest BCUT2D eigenvalue weighted by atomic mass is 16.1. The Balaban J connectivity index is 2.35. The molecule has 0 radical (unpaired) electrons. The molecule has 0 aliphatic rings. The van der Waals surface area contributed by atoms with Gasteiger partial charge in [-0.25, -0.2) is 0 Å². The molecule has 0 amide bonds. The maximum Gasteiger partial charge on any atom is 0.134 e. The Morgan fingerprint density at radius 1 is 0.810 bits per heavy atom. The van der Waals surface area contributed by atoms with Crippen molar-refractivity contribution in [2.45, 2.75) is 44.4 Å². The van der Waals surface area contributed by atoms with Crippen LogP contribution >= 0.6 is 0 Å². The van der Waals surface area contributed by atoms with E-state index in [-0.39, 0.29) is 0 Å². The topological polar surface area (TPSA) is 17.1 Å². The molecule has 110 valence electrons. The molecule has 0 unspecified atom stereocenters. The number of aldehydes is 1. The van der Waals surface area contributed by atoms with Crippen molar-refractivity contribution in [1.82, 2.24) is 0 Å². The Hall–Kier alpha value is -1.89. The summed E-state index contributed by atoms with van der Waals surface area (Å²) in [7, 11) is 0. The monoisotopic (exact) mass is 280 g/mol. The summed E-state index contributed by atoms with van der Waals surface area (Å²) in [6, 6.07) is 20.4. The van der Waals surface area contributed by atoms with E-state index in [2.05, 4.69) is 31.2 Å². The number of hydrogen-bond donors (Lipinski definition) is 0. The fourth-order valence-corrected chi connectivity index (χ4v) is 2.95. The molecule has 2 rings (SSSR count). The first-order valence-corrected chi connectivity index (χ1v) is 7.91.